The molecule has 0 aliphatic carbocycles. The summed E-state index contributed by atoms with van der Waals surface area (Å²) in [5, 5.41) is 13.8. The molecule has 0 aliphatic heterocycles. The summed E-state index contributed by atoms with van der Waals surface area (Å²) in [6.07, 6.45) is 87.9. The van der Waals surface area contributed by atoms with Crippen molar-refractivity contribution >= 4 is 13.7 Å². The van der Waals surface area contributed by atoms with Crippen molar-refractivity contribution in [2.75, 3.05) is 40.9 Å². The number of nitrogens with zero attached hydrogens (tertiary/aromatic N) is 1. The van der Waals surface area contributed by atoms with E-state index in [1.807, 2.05) is 27.2 Å². The zero-order valence-electron chi connectivity index (χ0n) is 49.8. The third-order valence-corrected chi connectivity index (χ3v) is 13.7. The number of allylic oxidation sites excluding steroid dienone is 23. The number of carbonyl (C=O) groups is 1. The quantitative estimate of drug-likeness (QED) is 0.0272. The Morgan fingerprint density at radius 1 is 0.468 bits per heavy atom. The normalized spacial score (nSPS) is 14.8. The van der Waals surface area contributed by atoms with E-state index >= 15 is 0 Å². The maximum atomic E-state index is 13.0. The maximum Gasteiger partial charge on any atom is 0.268 e. The molecular weight excluding hydrogens is 972 g/mol. The monoisotopic (exact) mass is 1090 g/mol. The second-order valence-corrected chi connectivity index (χ2v) is 22.7. The zero-order valence-corrected chi connectivity index (χ0v) is 50.7. The highest BCUT2D eigenvalue weighted by molar-refractivity contribution is 7.45. The number of hydrogen-bond donors (Lipinski definition) is 2. The number of aliphatic hydroxyl groups is 1. The van der Waals surface area contributed by atoms with Gasteiger partial charge in [-0.05, 0) is 109 Å². The van der Waals surface area contributed by atoms with Gasteiger partial charge in [0.1, 0.15) is 13.2 Å². The van der Waals surface area contributed by atoms with Crippen LogP contribution in [0.5, 0.6) is 0 Å². The number of nitrogens with one attached hydrogen (secondary N) is 1. The van der Waals surface area contributed by atoms with Gasteiger partial charge in [-0.2, -0.15) is 0 Å². The summed E-state index contributed by atoms with van der Waals surface area (Å²) in [6, 6.07) is -0.918. The third-order valence-electron chi connectivity index (χ3n) is 12.8. The predicted molar refractivity (Wildman–Crippen MR) is 334 cm³/mol. The van der Waals surface area contributed by atoms with Crippen molar-refractivity contribution in [3.63, 3.8) is 0 Å². The number of likely N-dealkylation sites (N-methyl/N-ethyl adjacent to an activating group) is 1. The van der Waals surface area contributed by atoms with Crippen LogP contribution in [0.4, 0.5) is 0 Å². The fourth-order valence-corrected chi connectivity index (χ4v) is 8.74. The van der Waals surface area contributed by atoms with Crippen LogP contribution in [0.2, 0.25) is 0 Å². The van der Waals surface area contributed by atoms with Crippen molar-refractivity contribution in [1.82, 2.24) is 5.32 Å². The third kappa shape index (κ3) is 59.9. The van der Waals surface area contributed by atoms with E-state index in [-0.39, 0.29) is 12.5 Å². The summed E-state index contributed by atoms with van der Waals surface area (Å²) in [5.41, 5.74) is 0. The number of carbonyl (C=O) groups excluding carboxylic acids is 1. The number of phosphoric acid groups is 1. The molecular formula is C68H115N2O6P. The maximum absolute atomic E-state index is 13.0. The average Bonchev–Trinajstić information content (AvgIpc) is 3.39. The molecule has 77 heavy (non-hydrogen) atoms. The van der Waals surface area contributed by atoms with Crippen molar-refractivity contribution in [2.24, 2.45) is 0 Å². The molecule has 0 saturated carbocycles. The molecule has 0 aliphatic rings. The summed E-state index contributed by atoms with van der Waals surface area (Å²) in [7, 11) is 1.22. The van der Waals surface area contributed by atoms with Gasteiger partial charge in [0.2, 0.25) is 5.91 Å². The van der Waals surface area contributed by atoms with E-state index in [0.717, 1.165) is 116 Å². The van der Waals surface area contributed by atoms with E-state index in [0.29, 0.717) is 17.4 Å². The number of quaternary nitrogens is 1. The number of aliphatic hydroxyl groups excluding tert-OH is 1. The van der Waals surface area contributed by atoms with Crippen LogP contribution in [0.1, 0.15) is 226 Å². The van der Waals surface area contributed by atoms with Crippen molar-refractivity contribution in [3.05, 3.63) is 146 Å². The van der Waals surface area contributed by atoms with E-state index in [4.69, 9.17) is 9.05 Å². The van der Waals surface area contributed by atoms with Crippen LogP contribution in [0, 0.1) is 0 Å². The van der Waals surface area contributed by atoms with Crippen LogP contribution in [-0.2, 0) is 18.4 Å². The average molecular weight is 1090 g/mol. The molecule has 3 unspecified atom stereocenters. The van der Waals surface area contributed by atoms with Crippen LogP contribution in [0.15, 0.2) is 146 Å². The summed E-state index contributed by atoms with van der Waals surface area (Å²) in [4.78, 5) is 25.5. The predicted octanol–water partition coefficient (Wildman–Crippen LogP) is 18.6. The number of hydrogen-bond acceptors (Lipinski definition) is 6. The first-order valence-electron chi connectivity index (χ1n) is 30.7. The summed E-state index contributed by atoms with van der Waals surface area (Å²) in [6.45, 7) is 4.49. The summed E-state index contributed by atoms with van der Waals surface area (Å²) >= 11 is 0. The molecule has 8 nitrogen and oxygen atoms in total. The van der Waals surface area contributed by atoms with E-state index in [2.05, 4.69) is 153 Å². The minimum atomic E-state index is -4.62. The molecule has 0 saturated heterocycles. The standard InChI is InChI=1S/C68H115N2O6P/c1-6-8-10-12-14-16-18-20-22-24-25-26-27-28-29-30-31-32-33-34-35-36-37-38-39-40-41-42-43-44-45-46-48-50-52-54-56-58-60-62-68(72)69-66(65-76-77(73,74)75-64-63-70(3,4)5)67(71)61-59-57-55-53-51-49-47-23-21-19-17-15-13-11-9-7-2/h8,10,14,16,20,22,25-26,28-29,31-32,34-35,37-38,40-41,43-44,51,53,59,61,66-67,71H,6-7,9,11-13,15,17-19,21,23-24,27,30,33,36,39,42,45-50,52,54-58,60,62-65H2,1-5H3,(H-,69,72,73,74)/b10-8-,16-14-,22-20-,26-25-,29-28-,32-31-,35-34-,38-37-,41-40-,44-43-,53-51+,61-59+. The largest absolute Gasteiger partial charge is 0.756 e. The van der Waals surface area contributed by atoms with Crippen molar-refractivity contribution in [3.8, 4) is 0 Å². The van der Waals surface area contributed by atoms with Gasteiger partial charge in [-0.25, -0.2) is 0 Å². The van der Waals surface area contributed by atoms with Gasteiger partial charge >= 0.3 is 0 Å². The SMILES string of the molecule is CC/C=C\C/C=C\C/C=C\C/C=C\C/C=C\C/C=C\C/C=C\C/C=C\C/C=C\C/C=C\CCCCCCCCCCC(=O)NC(COP(=O)([O-])OCC[N+](C)(C)C)C(O)/C=C/CC/C=C/CCCCCCCCCCCC. The molecule has 0 spiro atoms. The van der Waals surface area contributed by atoms with E-state index in [9.17, 15) is 19.4 Å². The molecule has 3 atom stereocenters. The Labute approximate surface area is 474 Å². The smallest absolute Gasteiger partial charge is 0.268 e. The lowest BCUT2D eigenvalue weighted by Gasteiger charge is -2.29. The molecule has 2 N–H and O–H groups in total. The molecule has 0 aromatic carbocycles. The fraction of sp³-hybridized carbons (Fsp3) is 0.632. The molecule has 0 heterocycles. The zero-order chi connectivity index (χ0) is 56.3. The molecule has 0 rings (SSSR count). The molecule has 1 amide bonds. The Hall–Kier alpha value is -3.62. The van der Waals surface area contributed by atoms with Crippen LogP contribution in [0.3, 0.4) is 0 Å². The lowest BCUT2D eigenvalue weighted by molar-refractivity contribution is -0.870. The van der Waals surface area contributed by atoms with Gasteiger partial charge in [0.15, 0.2) is 0 Å². The van der Waals surface area contributed by atoms with Crippen LogP contribution >= 0.6 is 7.82 Å². The minimum absolute atomic E-state index is 0.0153. The van der Waals surface area contributed by atoms with Gasteiger partial charge in [0.25, 0.3) is 7.82 Å². The van der Waals surface area contributed by atoms with Gasteiger partial charge in [-0.3, -0.25) is 9.36 Å². The van der Waals surface area contributed by atoms with Crippen LogP contribution in [0.25, 0.3) is 0 Å². The van der Waals surface area contributed by atoms with Crippen LogP contribution < -0.4 is 10.2 Å². The number of amides is 1. The Morgan fingerprint density at radius 2 is 0.805 bits per heavy atom. The number of unbranched alkanes of at least 4 members (excludes halogenated alkanes) is 19. The molecule has 0 aromatic heterocycles. The Morgan fingerprint density at radius 3 is 1.21 bits per heavy atom. The highest BCUT2D eigenvalue weighted by Crippen LogP contribution is 2.38. The second-order valence-electron chi connectivity index (χ2n) is 21.3. The Kier molecular flexibility index (Phi) is 54.4. The van der Waals surface area contributed by atoms with E-state index in [1.165, 1.54) is 89.9 Å². The molecule has 0 radical (unpaired) electrons. The van der Waals surface area contributed by atoms with Gasteiger partial charge in [0, 0.05) is 6.42 Å². The lowest BCUT2D eigenvalue weighted by atomic mass is 10.1. The van der Waals surface area contributed by atoms with E-state index < -0.39 is 26.6 Å². The van der Waals surface area contributed by atoms with Crippen molar-refractivity contribution in [1.29, 1.82) is 0 Å². The Balaban J connectivity index is 4.19. The first kappa shape index (κ1) is 73.4. The Bertz CT molecular complexity index is 1760. The van der Waals surface area contributed by atoms with E-state index in [1.54, 1.807) is 6.08 Å². The summed E-state index contributed by atoms with van der Waals surface area (Å²) < 4.78 is 23.3. The minimum Gasteiger partial charge on any atom is -0.756 e. The highest BCUT2D eigenvalue weighted by Gasteiger charge is 2.23. The van der Waals surface area contributed by atoms with Crippen LogP contribution in [-0.4, -0.2) is 68.5 Å². The van der Waals surface area contributed by atoms with Crippen molar-refractivity contribution in [2.45, 2.75) is 238 Å². The van der Waals surface area contributed by atoms with Crippen molar-refractivity contribution < 1.29 is 32.9 Å². The van der Waals surface area contributed by atoms with Gasteiger partial charge < -0.3 is 28.8 Å². The molecule has 0 fully saturated rings. The first-order valence-corrected chi connectivity index (χ1v) is 32.2. The molecule has 9 heteroatoms. The summed E-state index contributed by atoms with van der Waals surface area (Å²) in [5.74, 6) is -0.222. The highest BCUT2D eigenvalue weighted by atomic mass is 31.2. The topological polar surface area (TPSA) is 108 Å². The molecule has 438 valence electrons. The molecule has 0 aromatic rings. The van der Waals surface area contributed by atoms with Gasteiger partial charge in [0.05, 0.1) is 39.9 Å². The first-order chi connectivity index (χ1) is 37.5. The van der Waals surface area contributed by atoms with Gasteiger partial charge in [-0.1, -0.05) is 256 Å². The fourth-order valence-electron chi connectivity index (χ4n) is 8.02. The number of phosphoric ester groups is 1. The lowest BCUT2D eigenvalue weighted by Crippen LogP contribution is -2.45. The molecule has 0 bridgehead atoms. The van der Waals surface area contributed by atoms with Gasteiger partial charge in [-0.15, -0.1) is 0 Å². The number of rotatable bonds is 54. The second kappa shape index (κ2) is 57.1.